The predicted octanol–water partition coefficient (Wildman–Crippen LogP) is 5.08. The minimum absolute atomic E-state index is 0.239. The lowest BCUT2D eigenvalue weighted by Gasteiger charge is -2.08. The van der Waals surface area contributed by atoms with Crippen LogP contribution in [-0.4, -0.2) is 24.6 Å². The van der Waals surface area contributed by atoms with E-state index in [0.29, 0.717) is 11.3 Å². The fourth-order valence-electron chi connectivity index (χ4n) is 2.90. The maximum Gasteiger partial charge on any atom is 0.176 e. The third-order valence-electron chi connectivity index (χ3n) is 4.20. The average molecular weight is 410 g/mol. The maximum absolute atomic E-state index is 13.4. The van der Waals surface area contributed by atoms with Crippen molar-refractivity contribution in [3.8, 4) is 32.3 Å². The standard InChI is InChI=1S/C21H15FN2O2S2/c1-28(25,26)18-5-3-2-4-17(18)20-19(14-6-8-16(22)9-7-14)24-21(27-20)15-10-12-23-13-11-15/h2-13H,1H3. The number of rotatable bonds is 4. The third-order valence-corrected chi connectivity index (χ3v) is 6.50. The molecule has 0 bridgehead atoms. The van der Waals surface area contributed by atoms with Crippen LogP contribution in [0.4, 0.5) is 4.39 Å². The topological polar surface area (TPSA) is 59.9 Å². The van der Waals surface area contributed by atoms with Crippen molar-refractivity contribution in [2.45, 2.75) is 4.90 Å². The highest BCUT2D eigenvalue weighted by molar-refractivity contribution is 7.90. The van der Waals surface area contributed by atoms with Crippen molar-refractivity contribution in [2.24, 2.45) is 0 Å². The van der Waals surface area contributed by atoms with Crippen LogP contribution >= 0.6 is 11.3 Å². The van der Waals surface area contributed by atoms with Gasteiger partial charge < -0.3 is 0 Å². The summed E-state index contributed by atoms with van der Waals surface area (Å²) in [4.78, 5) is 9.74. The smallest absolute Gasteiger partial charge is 0.176 e. The lowest BCUT2D eigenvalue weighted by molar-refractivity contribution is 0.602. The number of pyridine rings is 1. The van der Waals surface area contributed by atoms with E-state index in [4.69, 9.17) is 4.98 Å². The van der Waals surface area contributed by atoms with Crippen molar-refractivity contribution in [3.05, 3.63) is 78.9 Å². The van der Waals surface area contributed by atoms with Crippen molar-refractivity contribution < 1.29 is 12.8 Å². The molecule has 0 radical (unpaired) electrons. The Morgan fingerprint density at radius 2 is 1.57 bits per heavy atom. The van der Waals surface area contributed by atoms with Crippen LogP contribution in [0.2, 0.25) is 0 Å². The molecule has 0 saturated heterocycles. The van der Waals surface area contributed by atoms with Gasteiger partial charge in [0, 0.05) is 35.3 Å². The molecule has 0 spiro atoms. The normalized spacial score (nSPS) is 11.5. The molecule has 2 heterocycles. The van der Waals surface area contributed by atoms with Crippen LogP contribution < -0.4 is 0 Å². The largest absolute Gasteiger partial charge is 0.265 e. The first-order chi connectivity index (χ1) is 13.4. The fourth-order valence-corrected chi connectivity index (χ4v) is 4.99. The van der Waals surface area contributed by atoms with E-state index in [9.17, 15) is 12.8 Å². The number of aromatic nitrogens is 2. The SMILES string of the molecule is CS(=O)(=O)c1ccccc1-c1sc(-c2ccncc2)nc1-c1ccc(F)cc1. The van der Waals surface area contributed by atoms with Gasteiger partial charge in [-0.2, -0.15) is 0 Å². The molecular formula is C21H15FN2O2S2. The van der Waals surface area contributed by atoms with Crippen molar-refractivity contribution in [1.82, 2.24) is 9.97 Å². The molecule has 0 saturated carbocycles. The number of sulfone groups is 1. The van der Waals surface area contributed by atoms with E-state index in [1.54, 1.807) is 48.8 Å². The van der Waals surface area contributed by atoms with Crippen LogP contribution in [0.3, 0.4) is 0 Å². The molecule has 0 unspecified atom stereocenters. The Balaban J connectivity index is 1.99. The lowest BCUT2D eigenvalue weighted by atomic mass is 10.1. The number of nitrogens with zero attached hydrogens (tertiary/aromatic N) is 2. The van der Waals surface area contributed by atoms with Gasteiger partial charge in [-0.1, -0.05) is 18.2 Å². The summed E-state index contributed by atoms with van der Waals surface area (Å²) in [5.41, 5.74) is 2.80. The number of halogens is 1. The van der Waals surface area contributed by atoms with Gasteiger partial charge in [0.15, 0.2) is 9.84 Å². The molecule has 2 aromatic heterocycles. The molecule has 0 fully saturated rings. The second-order valence-corrected chi connectivity index (χ2v) is 9.19. The highest BCUT2D eigenvalue weighted by Gasteiger charge is 2.21. The Kier molecular flexibility index (Phi) is 4.78. The highest BCUT2D eigenvalue weighted by Crippen LogP contribution is 2.42. The monoisotopic (exact) mass is 410 g/mol. The van der Waals surface area contributed by atoms with Gasteiger partial charge in [-0.3, -0.25) is 4.98 Å². The molecule has 0 aliphatic carbocycles. The molecule has 4 aromatic rings. The molecule has 2 aromatic carbocycles. The summed E-state index contributed by atoms with van der Waals surface area (Å²) in [5, 5.41) is 0.736. The first kappa shape index (κ1) is 18.5. The van der Waals surface area contributed by atoms with E-state index in [0.717, 1.165) is 21.0 Å². The zero-order chi connectivity index (χ0) is 19.7. The van der Waals surface area contributed by atoms with Gasteiger partial charge in [-0.25, -0.2) is 17.8 Å². The van der Waals surface area contributed by atoms with Crippen LogP contribution in [0.25, 0.3) is 32.3 Å². The van der Waals surface area contributed by atoms with Crippen LogP contribution in [0.5, 0.6) is 0 Å². The zero-order valence-electron chi connectivity index (χ0n) is 14.8. The highest BCUT2D eigenvalue weighted by atomic mass is 32.2. The van der Waals surface area contributed by atoms with Crippen molar-refractivity contribution in [1.29, 1.82) is 0 Å². The van der Waals surface area contributed by atoms with Gasteiger partial charge in [0.25, 0.3) is 0 Å². The number of hydrogen-bond acceptors (Lipinski definition) is 5. The molecule has 0 aliphatic rings. The second kappa shape index (κ2) is 7.26. The van der Waals surface area contributed by atoms with E-state index in [2.05, 4.69) is 4.98 Å². The molecule has 28 heavy (non-hydrogen) atoms. The van der Waals surface area contributed by atoms with Crippen molar-refractivity contribution in [3.63, 3.8) is 0 Å². The summed E-state index contributed by atoms with van der Waals surface area (Å²) >= 11 is 1.40. The first-order valence-corrected chi connectivity index (χ1v) is 11.1. The number of hydrogen-bond donors (Lipinski definition) is 0. The Hall–Kier alpha value is -2.90. The van der Waals surface area contributed by atoms with Gasteiger partial charge in [-0.15, -0.1) is 11.3 Å². The van der Waals surface area contributed by atoms with Gasteiger partial charge >= 0.3 is 0 Å². The van der Waals surface area contributed by atoms with E-state index in [1.807, 2.05) is 12.1 Å². The van der Waals surface area contributed by atoms with Gasteiger partial charge in [0.05, 0.1) is 15.5 Å². The van der Waals surface area contributed by atoms with Crippen LogP contribution in [-0.2, 0) is 9.84 Å². The van der Waals surface area contributed by atoms with E-state index < -0.39 is 9.84 Å². The number of benzene rings is 2. The maximum atomic E-state index is 13.4. The summed E-state index contributed by atoms with van der Waals surface area (Å²) < 4.78 is 38.1. The van der Waals surface area contributed by atoms with Crippen molar-refractivity contribution in [2.75, 3.05) is 6.26 Å². The van der Waals surface area contributed by atoms with Crippen LogP contribution in [0.15, 0.2) is 78.0 Å². The fraction of sp³-hybridized carbons (Fsp3) is 0.0476. The molecule has 140 valence electrons. The quantitative estimate of drug-likeness (QED) is 0.471. The molecule has 4 rings (SSSR count). The Labute approximate surface area is 166 Å². The molecule has 0 N–H and O–H groups in total. The summed E-state index contributed by atoms with van der Waals surface area (Å²) in [6.45, 7) is 0. The Bertz CT molecular complexity index is 1240. The van der Waals surface area contributed by atoms with E-state index in [-0.39, 0.29) is 10.7 Å². The first-order valence-electron chi connectivity index (χ1n) is 8.40. The molecule has 4 nitrogen and oxygen atoms in total. The van der Waals surface area contributed by atoms with Gasteiger partial charge in [-0.05, 0) is 42.5 Å². The van der Waals surface area contributed by atoms with Gasteiger partial charge in [0.1, 0.15) is 10.8 Å². The molecular weight excluding hydrogens is 395 g/mol. The summed E-state index contributed by atoms with van der Waals surface area (Å²) in [5.74, 6) is -0.341. The molecule has 0 amide bonds. The molecule has 7 heteroatoms. The van der Waals surface area contributed by atoms with E-state index in [1.165, 1.54) is 29.7 Å². The third kappa shape index (κ3) is 3.58. The van der Waals surface area contributed by atoms with Crippen LogP contribution in [0, 0.1) is 5.82 Å². The zero-order valence-corrected chi connectivity index (χ0v) is 16.5. The minimum atomic E-state index is -3.43. The average Bonchev–Trinajstić information content (AvgIpc) is 3.14. The van der Waals surface area contributed by atoms with E-state index >= 15 is 0 Å². The molecule has 0 aliphatic heterocycles. The van der Waals surface area contributed by atoms with Gasteiger partial charge in [0.2, 0.25) is 0 Å². The second-order valence-electron chi connectivity index (χ2n) is 6.21. The lowest BCUT2D eigenvalue weighted by Crippen LogP contribution is -1.99. The summed E-state index contributed by atoms with van der Waals surface area (Å²) in [6.07, 6.45) is 4.55. The van der Waals surface area contributed by atoms with Crippen molar-refractivity contribution >= 4 is 21.2 Å². The Morgan fingerprint density at radius 3 is 2.25 bits per heavy atom. The Morgan fingerprint density at radius 1 is 0.893 bits per heavy atom. The molecule has 0 atom stereocenters. The minimum Gasteiger partial charge on any atom is -0.265 e. The summed E-state index contributed by atoms with van der Waals surface area (Å²) in [7, 11) is -3.43. The number of thiazole rings is 1. The predicted molar refractivity (Wildman–Crippen MR) is 109 cm³/mol. The summed E-state index contributed by atoms with van der Waals surface area (Å²) in [6, 6.07) is 16.6. The van der Waals surface area contributed by atoms with Crippen LogP contribution in [0.1, 0.15) is 0 Å².